The first kappa shape index (κ1) is 13.5. The molecule has 1 aliphatic heterocycles. The van der Waals surface area contributed by atoms with Crippen molar-refractivity contribution in [3.63, 3.8) is 0 Å². The number of hydrogen-bond acceptors (Lipinski definition) is 3. The van der Waals surface area contributed by atoms with Crippen LogP contribution < -0.4 is 16.4 Å². The molecule has 0 saturated carbocycles. The fraction of sp³-hybridized carbons (Fsp3) is 0.429. The molecule has 0 fully saturated rings. The van der Waals surface area contributed by atoms with E-state index in [-0.39, 0.29) is 17.9 Å². The van der Waals surface area contributed by atoms with E-state index < -0.39 is 0 Å². The first-order valence-corrected chi connectivity index (χ1v) is 6.48. The summed E-state index contributed by atoms with van der Waals surface area (Å²) in [5.41, 5.74) is 8.47. The lowest BCUT2D eigenvalue weighted by Crippen LogP contribution is -2.25. The molecule has 102 valence electrons. The Hall–Kier alpha value is -1.88. The van der Waals surface area contributed by atoms with Crippen molar-refractivity contribution < 1.29 is 9.59 Å². The van der Waals surface area contributed by atoms with Gasteiger partial charge in [-0.3, -0.25) is 9.59 Å². The third kappa shape index (κ3) is 3.79. The summed E-state index contributed by atoms with van der Waals surface area (Å²) in [6.07, 6.45) is 1.55. The zero-order valence-electron chi connectivity index (χ0n) is 11.0. The van der Waals surface area contributed by atoms with Crippen LogP contribution in [0.15, 0.2) is 18.2 Å². The van der Waals surface area contributed by atoms with E-state index in [1.165, 1.54) is 0 Å². The maximum absolute atomic E-state index is 11.6. The monoisotopic (exact) mass is 261 g/mol. The number of nitrogens with two attached hydrogens (primary N) is 1. The van der Waals surface area contributed by atoms with Crippen LogP contribution in [0.3, 0.4) is 0 Å². The fourth-order valence-electron chi connectivity index (χ4n) is 2.04. The van der Waals surface area contributed by atoms with Crippen LogP contribution in [0.1, 0.15) is 30.9 Å². The van der Waals surface area contributed by atoms with Gasteiger partial charge in [-0.2, -0.15) is 0 Å². The molecule has 0 spiro atoms. The van der Waals surface area contributed by atoms with Crippen molar-refractivity contribution in [1.82, 2.24) is 5.32 Å². The maximum atomic E-state index is 11.6. The third-order valence-electron chi connectivity index (χ3n) is 3.11. The molecule has 1 heterocycles. The maximum Gasteiger partial charge on any atom is 0.228 e. The molecular formula is C14H19N3O2. The van der Waals surface area contributed by atoms with Gasteiger partial charge in [-0.15, -0.1) is 0 Å². The lowest BCUT2D eigenvalue weighted by Gasteiger charge is -2.08. The van der Waals surface area contributed by atoms with Crippen molar-refractivity contribution in [1.29, 1.82) is 0 Å². The average molecular weight is 261 g/mol. The van der Waals surface area contributed by atoms with E-state index in [1.54, 1.807) is 0 Å². The summed E-state index contributed by atoms with van der Waals surface area (Å²) in [6, 6.07) is 5.79. The van der Waals surface area contributed by atoms with E-state index in [0.717, 1.165) is 16.8 Å². The second-order valence-corrected chi connectivity index (χ2v) is 5.01. The van der Waals surface area contributed by atoms with E-state index in [9.17, 15) is 9.59 Å². The van der Waals surface area contributed by atoms with Gasteiger partial charge in [0.25, 0.3) is 0 Å². The van der Waals surface area contributed by atoms with Crippen molar-refractivity contribution >= 4 is 17.5 Å². The van der Waals surface area contributed by atoms with Crippen molar-refractivity contribution in [3.05, 3.63) is 29.3 Å². The van der Waals surface area contributed by atoms with Crippen LogP contribution in [0.5, 0.6) is 0 Å². The first-order chi connectivity index (χ1) is 9.04. The van der Waals surface area contributed by atoms with Gasteiger partial charge in [0, 0.05) is 24.7 Å². The number of rotatable bonds is 5. The van der Waals surface area contributed by atoms with E-state index in [2.05, 4.69) is 10.6 Å². The summed E-state index contributed by atoms with van der Waals surface area (Å²) in [5.74, 6) is 0.0279. The van der Waals surface area contributed by atoms with Crippen LogP contribution in [0, 0.1) is 0 Å². The number of benzene rings is 1. The molecule has 1 unspecified atom stereocenters. The van der Waals surface area contributed by atoms with Crippen molar-refractivity contribution in [2.45, 2.75) is 38.8 Å². The lowest BCUT2D eigenvalue weighted by atomic mass is 10.1. The number of hydrogen-bond donors (Lipinski definition) is 3. The summed E-state index contributed by atoms with van der Waals surface area (Å²) in [4.78, 5) is 22.8. The molecular weight excluding hydrogens is 242 g/mol. The summed E-state index contributed by atoms with van der Waals surface area (Å²) in [7, 11) is 0. The Balaban J connectivity index is 1.85. The topological polar surface area (TPSA) is 84.2 Å². The molecule has 1 atom stereocenters. The quantitative estimate of drug-likeness (QED) is 0.737. The minimum absolute atomic E-state index is 0.00648. The SMILES string of the molecule is CC(N)CCC(=O)NCc1ccc2c(c1)CC(=O)N2. The highest BCUT2D eigenvalue weighted by Crippen LogP contribution is 2.23. The van der Waals surface area contributed by atoms with E-state index >= 15 is 0 Å². The Morgan fingerprint density at radius 2 is 2.32 bits per heavy atom. The lowest BCUT2D eigenvalue weighted by molar-refractivity contribution is -0.121. The Kier molecular flexibility index (Phi) is 4.16. The highest BCUT2D eigenvalue weighted by molar-refractivity contribution is 5.99. The van der Waals surface area contributed by atoms with Crippen LogP contribution >= 0.6 is 0 Å². The Labute approximate surface area is 112 Å². The summed E-state index contributed by atoms with van der Waals surface area (Å²) < 4.78 is 0. The molecule has 0 aliphatic carbocycles. The normalized spacial score (nSPS) is 14.7. The molecule has 0 saturated heterocycles. The molecule has 1 aromatic rings. The van der Waals surface area contributed by atoms with Crippen LogP contribution in [-0.2, 0) is 22.6 Å². The number of nitrogens with one attached hydrogen (secondary N) is 2. The molecule has 5 heteroatoms. The molecule has 0 aromatic heterocycles. The van der Waals surface area contributed by atoms with Gasteiger partial charge < -0.3 is 16.4 Å². The predicted octanol–water partition coefficient (Wildman–Crippen LogP) is 0.925. The molecule has 1 aromatic carbocycles. The zero-order valence-corrected chi connectivity index (χ0v) is 11.0. The highest BCUT2D eigenvalue weighted by Gasteiger charge is 2.17. The molecule has 5 nitrogen and oxygen atoms in total. The summed E-state index contributed by atoms with van der Waals surface area (Å²) in [6.45, 7) is 2.37. The second kappa shape index (κ2) is 5.84. The van der Waals surface area contributed by atoms with Gasteiger partial charge in [-0.05, 0) is 30.5 Å². The summed E-state index contributed by atoms with van der Waals surface area (Å²) >= 11 is 0. The van der Waals surface area contributed by atoms with Gasteiger partial charge in [0.05, 0.1) is 6.42 Å². The van der Waals surface area contributed by atoms with E-state index in [4.69, 9.17) is 5.73 Å². The molecule has 2 amide bonds. The Morgan fingerprint density at radius 3 is 3.05 bits per heavy atom. The van der Waals surface area contributed by atoms with Crippen molar-refractivity contribution in [2.75, 3.05) is 5.32 Å². The fourth-order valence-corrected chi connectivity index (χ4v) is 2.04. The summed E-state index contributed by atoms with van der Waals surface area (Å²) in [5, 5.41) is 5.64. The predicted molar refractivity (Wildman–Crippen MR) is 73.5 cm³/mol. The molecule has 19 heavy (non-hydrogen) atoms. The number of amides is 2. The first-order valence-electron chi connectivity index (χ1n) is 6.48. The minimum Gasteiger partial charge on any atom is -0.352 e. The largest absolute Gasteiger partial charge is 0.352 e. The molecule has 1 aliphatic rings. The van der Waals surface area contributed by atoms with Crippen LogP contribution in [0.25, 0.3) is 0 Å². The molecule has 0 bridgehead atoms. The van der Waals surface area contributed by atoms with Gasteiger partial charge in [0.15, 0.2) is 0 Å². The van der Waals surface area contributed by atoms with Crippen LogP contribution in [0.2, 0.25) is 0 Å². The van der Waals surface area contributed by atoms with Crippen molar-refractivity contribution in [3.8, 4) is 0 Å². The Bertz CT molecular complexity index is 497. The number of anilines is 1. The average Bonchev–Trinajstić information content (AvgIpc) is 2.73. The standard InChI is InChI=1S/C14H19N3O2/c1-9(15)2-5-13(18)16-8-10-3-4-12-11(6-10)7-14(19)17-12/h3-4,6,9H,2,5,7-8,15H2,1H3,(H,16,18)(H,17,19). The minimum atomic E-state index is 0.00648. The van der Waals surface area contributed by atoms with E-state index in [0.29, 0.717) is 25.8 Å². The number of carbonyl (C=O) groups excluding carboxylic acids is 2. The highest BCUT2D eigenvalue weighted by atomic mass is 16.2. The second-order valence-electron chi connectivity index (χ2n) is 5.01. The Morgan fingerprint density at radius 1 is 1.53 bits per heavy atom. The zero-order chi connectivity index (χ0) is 13.8. The number of carbonyl (C=O) groups is 2. The van der Waals surface area contributed by atoms with Crippen LogP contribution in [0.4, 0.5) is 5.69 Å². The van der Waals surface area contributed by atoms with Gasteiger partial charge >= 0.3 is 0 Å². The number of fused-ring (bicyclic) bond motifs is 1. The third-order valence-corrected chi connectivity index (χ3v) is 3.11. The van der Waals surface area contributed by atoms with Crippen LogP contribution in [-0.4, -0.2) is 17.9 Å². The van der Waals surface area contributed by atoms with E-state index in [1.807, 2.05) is 25.1 Å². The van der Waals surface area contributed by atoms with Gasteiger partial charge in [0.2, 0.25) is 11.8 Å². The van der Waals surface area contributed by atoms with Gasteiger partial charge in [-0.25, -0.2) is 0 Å². The van der Waals surface area contributed by atoms with Crippen molar-refractivity contribution in [2.24, 2.45) is 5.73 Å². The van der Waals surface area contributed by atoms with Gasteiger partial charge in [0.1, 0.15) is 0 Å². The smallest absolute Gasteiger partial charge is 0.228 e. The molecule has 0 radical (unpaired) electrons. The molecule has 4 N–H and O–H groups in total. The molecule has 2 rings (SSSR count). The van der Waals surface area contributed by atoms with Gasteiger partial charge in [-0.1, -0.05) is 12.1 Å².